The highest BCUT2D eigenvalue weighted by Crippen LogP contribution is 2.17. The van der Waals surface area contributed by atoms with Gasteiger partial charge < -0.3 is 14.6 Å². The summed E-state index contributed by atoms with van der Waals surface area (Å²) >= 11 is 1.60. The molecule has 4 heteroatoms. The molecule has 0 aliphatic rings. The smallest absolute Gasteiger partial charge is 0.104 e. The molecule has 0 aliphatic heterocycles. The Morgan fingerprint density at radius 1 is 1.39 bits per heavy atom. The Labute approximate surface area is 113 Å². The molecule has 100 valence electrons. The van der Waals surface area contributed by atoms with Gasteiger partial charge in [0.05, 0.1) is 17.1 Å². The lowest BCUT2D eigenvalue weighted by Crippen LogP contribution is -2.24. The van der Waals surface area contributed by atoms with E-state index in [0.29, 0.717) is 13.2 Å². The highest BCUT2D eigenvalue weighted by Gasteiger charge is 2.15. The zero-order valence-corrected chi connectivity index (χ0v) is 12.0. The molecule has 0 saturated carbocycles. The van der Waals surface area contributed by atoms with Gasteiger partial charge >= 0.3 is 0 Å². The molecule has 0 unspecified atom stereocenters. The summed E-state index contributed by atoms with van der Waals surface area (Å²) in [5.74, 6) is 5.51. The van der Waals surface area contributed by atoms with Gasteiger partial charge in [0.1, 0.15) is 6.61 Å². The van der Waals surface area contributed by atoms with Crippen LogP contribution in [-0.4, -0.2) is 31.0 Å². The summed E-state index contributed by atoms with van der Waals surface area (Å²) in [6.07, 6.45) is 0.867. The van der Waals surface area contributed by atoms with Crippen LogP contribution in [0, 0.1) is 11.8 Å². The normalized spacial score (nSPS) is 11.1. The minimum atomic E-state index is -0.132. The second-order valence-corrected chi connectivity index (χ2v) is 5.66. The standard InChI is InChI=1S/C14H20O3S/c1-14(2,16-3)8-10-17-11-13-7-6-12(18-13)5-4-9-15/h6-7,15H,8-11H2,1-3H3. The summed E-state index contributed by atoms with van der Waals surface area (Å²) in [5.41, 5.74) is -0.132. The molecule has 0 radical (unpaired) electrons. The molecule has 1 rings (SSSR count). The van der Waals surface area contributed by atoms with Gasteiger partial charge in [-0.05, 0) is 32.4 Å². The maximum Gasteiger partial charge on any atom is 0.104 e. The SMILES string of the molecule is COC(C)(C)CCOCc1ccc(C#CCO)s1. The number of aliphatic hydroxyl groups excluding tert-OH is 1. The Bertz CT molecular complexity index is 412. The van der Waals surface area contributed by atoms with Crippen molar-refractivity contribution in [3.63, 3.8) is 0 Å². The number of rotatable bonds is 6. The van der Waals surface area contributed by atoms with Gasteiger partial charge in [-0.25, -0.2) is 0 Å². The molecule has 1 N–H and O–H groups in total. The number of hydrogen-bond donors (Lipinski definition) is 1. The fourth-order valence-electron chi connectivity index (χ4n) is 1.24. The summed E-state index contributed by atoms with van der Waals surface area (Å²) in [6, 6.07) is 3.96. The van der Waals surface area contributed by atoms with E-state index in [0.717, 1.165) is 16.2 Å². The minimum Gasteiger partial charge on any atom is -0.384 e. The van der Waals surface area contributed by atoms with Crippen molar-refractivity contribution in [2.24, 2.45) is 0 Å². The molecule has 0 aliphatic carbocycles. The van der Waals surface area contributed by atoms with Crippen LogP contribution in [0.2, 0.25) is 0 Å². The van der Waals surface area contributed by atoms with Gasteiger partial charge in [0.25, 0.3) is 0 Å². The lowest BCUT2D eigenvalue weighted by atomic mass is 10.1. The lowest BCUT2D eigenvalue weighted by molar-refractivity contribution is -0.0121. The zero-order valence-electron chi connectivity index (χ0n) is 11.2. The quantitative estimate of drug-likeness (QED) is 0.636. The van der Waals surface area contributed by atoms with Gasteiger partial charge in [-0.3, -0.25) is 0 Å². The second-order valence-electron chi connectivity index (χ2n) is 4.49. The van der Waals surface area contributed by atoms with E-state index in [9.17, 15) is 0 Å². The Hall–Kier alpha value is -0.860. The van der Waals surface area contributed by atoms with E-state index in [-0.39, 0.29) is 12.2 Å². The van der Waals surface area contributed by atoms with E-state index < -0.39 is 0 Å². The fraction of sp³-hybridized carbons (Fsp3) is 0.571. The number of ether oxygens (including phenoxy) is 2. The van der Waals surface area contributed by atoms with Gasteiger partial charge in [0, 0.05) is 18.6 Å². The molecule has 0 saturated heterocycles. The molecule has 0 aromatic carbocycles. The maximum atomic E-state index is 8.60. The van der Waals surface area contributed by atoms with Crippen molar-refractivity contribution in [1.82, 2.24) is 0 Å². The van der Waals surface area contributed by atoms with Crippen LogP contribution in [0.1, 0.15) is 30.0 Å². The predicted octanol–water partition coefficient (Wildman–Crippen LogP) is 2.42. The Morgan fingerprint density at radius 3 is 2.83 bits per heavy atom. The molecule has 18 heavy (non-hydrogen) atoms. The van der Waals surface area contributed by atoms with E-state index in [1.807, 2.05) is 26.0 Å². The molecule has 0 spiro atoms. The first kappa shape index (κ1) is 15.2. The average Bonchev–Trinajstić information content (AvgIpc) is 2.80. The third-order valence-electron chi connectivity index (χ3n) is 2.60. The zero-order chi connectivity index (χ0) is 13.4. The third-order valence-corrected chi connectivity index (χ3v) is 3.57. The van der Waals surface area contributed by atoms with E-state index >= 15 is 0 Å². The number of hydrogen-bond acceptors (Lipinski definition) is 4. The van der Waals surface area contributed by atoms with Crippen molar-refractivity contribution in [1.29, 1.82) is 0 Å². The van der Waals surface area contributed by atoms with Crippen LogP contribution in [-0.2, 0) is 16.1 Å². The average molecular weight is 268 g/mol. The van der Waals surface area contributed by atoms with Crippen LogP contribution in [0.25, 0.3) is 0 Å². The first-order chi connectivity index (χ1) is 8.57. The lowest BCUT2D eigenvalue weighted by Gasteiger charge is -2.22. The van der Waals surface area contributed by atoms with Crippen molar-refractivity contribution in [2.75, 3.05) is 20.3 Å². The summed E-state index contributed by atoms with van der Waals surface area (Å²) in [5, 5.41) is 8.60. The van der Waals surface area contributed by atoms with Crippen LogP contribution >= 0.6 is 11.3 Å². The molecule has 1 aromatic heterocycles. The van der Waals surface area contributed by atoms with Crippen LogP contribution in [0.4, 0.5) is 0 Å². The van der Waals surface area contributed by atoms with Crippen molar-refractivity contribution in [3.05, 3.63) is 21.9 Å². The Morgan fingerprint density at radius 2 is 2.17 bits per heavy atom. The second kappa shape index (κ2) is 7.55. The van der Waals surface area contributed by atoms with Crippen molar-refractivity contribution in [3.8, 4) is 11.8 Å². The summed E-state index contributed by atoms with van der Waals surface area (Å²) in [4.78, 5) is 2.10. The predicted molar refractivity (Wildman–Crippen MR) is 73.6 cm³/mol. The number of aliphatic hydroxyl groups is 1. The van der Waals surface area contributed by atoms with Crippen LogP contribution in [0.3, 0.4) is 0 Å². The highest BCUT2D eigenvalue weighted by atomic mass is 32.1. The molecule has 0 amide bonds. The molecular weight excluding hydrogens is 248 g/mol. The molecule has 0 fully saturated rings. The molecule has 0 atom stereocenters. The van der Waals surface area contributed by atoms with Gasteiger partial charge in [0.15, 0.2) is 0 Å². The maximum absolute atomic E-state index is 8.60. The fourth-order valence-corrected chi connectivity index (χ4v) is 2.06. The summed E-state index contributed by atoms with van der Waals surface area (Å²) in [7, 11) is 1.71. The number of thiophene rings is 1. The van der Waals surface area contributed by atoms with Gasteiger partial charge in [0.2, 0.25) is 0 Å². The monoisotopic (exact) mass is 268 g/mol. The molecular formula is C14H20O3S. The van der Waals surface area contributed by atoms with E-state index in [2.05, 4.69) is 11.8 Å². The Kier molecular flexibility index (Phi) is 6.37. The third kappa shape index (κ3) is 5.65. The van der Waals surface area contributed by atoms with Crippen molar-refractivity contribution >= 4 is 11.3 Å². The van der Waals surface area contributed by atoms with Crippen molar-refractivity contribution in [2.45, 2.75) is 32.5 Å². The topological polar surface area (TPSA) is 38.7 Å². The first-order valence-corrected chi connectivity index (χ1v) is 6.70. The van der Waals surface area contributed by atoms with Gasteiger partial charge in [-0.2, -0.15) is 0 Å². The highest BCUT2D eigenvalue weighted by molar-refractivity contribution is 7.12. The summed E-state index contributed by atoms with van der Waals surface area (Å²) in [6.45, 7) is 5.27. The van der Waals surface area contributed by atoms with Crippen LogP contribution < -0.4 is 0 Å². The largest absolute Gasteiger partial charge is 0.384 e. The van der Waals surface area contributed by atoms with Crippen LogP contribution in [0.15, 0.2) is 12.1 Å². The van der Waals surface area contributed by atoms with Crippen LogP contribution in [0.5, 0.6) is 0 Å². The number of methoxy groups -OCH3 is 1. The summed E-state index contributed by atoms with van der Waals surface area (Å²) < 4.78 is 10.9. The van der Waals surface area contributed by atoms with E-state index in [4.69, 9.17) is 14.6 Å². The van der Waals surface area contributed by atoms with Gasteiger partial charge in [-0.1, -0.05) is 11.8 Å². The van der Waals surface area contributed by atoms with E-state index in [1.165, 1.54) is 0 Å². The molecule has 0 bridgehead atoms. The minimum absolute atomic E-state index is 0.101. The van der Waals surface area contributed by atoms with Gasteiger partial charge in [-0.15, -0.1) is 11.3 Å². The van der Waals surface area contributed by atoms with Crippen molar-refractivity contribution < 1.29 is 14.6 Å². The molecule has 1 aromatic rings. The first-order valence-electron chi connectivity index (χ1n) is 5.89. The molecule has 1 heterocycles. The molecule has 3 nitrogen and oxygen atoms in total. The van der Waals surface area contributed by atoms with E-state index in [1.54, 1.807) is 18.4 Å². The Balaban J connectivity index is 2.30.